The maximum Gasteiger partial charge on any atom is -0.0101 e. The van der Waals surface area contributed by atoms with Crippen molar-refractivity contribution in [3.05, 3.63) is 34.9 Å². The monoisotopic (exact) mass is 204 g/mol. The predicted molar refractivity (Wildman–Crippen MR) is 68.5 cm³/mol. The summed E-state index contributed by atoms with van der Waals surface area (Å²) in [6.07, 6.45) is 3.97. The Kier molecular flexibility index (Phi) is 3.96. The van der Waals surface area contributed by atoms with Gasteiger partial charge in [-0.1, -0.05) is 51.5 Å². The highest BCUT2D eigenvalue weighted by Crippen LogP contribution is 2.36. The van der Waals surface area contributed by atoms with E-state index in [1.54, 1.807) is 11.1 Å². The molecule has 0 radical (unpaired) electrons. The molecule has 0 amide bonds. The standard InChI is InChI=1S/C13H18.C2H6/c1-10-6-7-12-11(9-10)5-4-8-13(12,2)3;1-2/h6-7,9H,4-5,8H2,1-3H3;1-2H3. The third-order valence-corrected chi connectivity index (χ3v) is 3.24. The molecule has 0 atom stereocenters. The Morgan fingerprint density at radius 1 is 1.13 bits per heavy atom. The summed E-state index contributed by atoms with van der Waals surface area (Å²) in [5.41, 5.74) is 4.96. The molecule has 0 saturated heterocycles. The molecule has 2 rings (SSSR count). The van der Waals surface area contributed by atoms with Crippen LogP contribution in [0.5, 0.6) is 0 Å². The second kappa shape index (κ2) is 4.83. The third-order valence-electron chi connectivity index (χ3n) is 3.24. The van der Waals surface area contributed by atoms with Crippen LogP contribution >= 0.6 is 0 Å². The maximum atomic E-state index is 2.36. The van der Waals surface area contributed by atoms with Crippen LogP contribution in [0.4, 0.5) is 0 Å². The van der Waals surface area contributed by atoms with E-state index < -0.39 is 0 Å². The number of hydrogen-bond acceptors (Lipinski definition) is 0. The normalized spacial score (nSPS) is 17.4. The molecular weight excluding hydrogens is 180 g/mol. The predicted octanol–water partition coefficient (Wildman–Crippen LogP) is 4.64. The molecule has 1 aliphatic carbocycles. The SMILES string of the molecule is CC.Cc1ccc2c(c1)CCCC2(C)C. The lowest BCUT2D eigenvalue weighted by Gasteiger charge is -2.32. The molecule has 0 N–H and O–H groups in total. The molecule has 0 nitrogen and oxygen atoms in total. The van der Waals surface area contributed by atoms with E-state index in [2.05, 4.69) is 39.0 Å². The van der Waals surface area contributed by atoms with Gasteiger partial charge in [0.2, 0.25) is 0 Å². The lowest BCUT2D eigenvalue weighted by Crippen LogP contribution is -2.23. The van der Waals surface area contributed by atoms with E-state index in [0.29, 0.717) is 5.41 Å². The van der Waals surface area contributed by atoms with Gasteiger partial charge >= 0.3 is 0 Å². The van der Waals surface area contributed by atoms with Crippen molar-refractivity contribution in [3.8, 4) is 0 Å². The minimum absolute atomic E-state index is 0.404. The quantitative estimate of drug-likeness (QED) is 0.577. The highest BCUT2D eigenvalue weighted by atomic mass is 14.3. The Morgan fingerprint density at radius 3 is 2.47 bits per heavy atom. The fraction of sp³-hybridized carbons (Fsp3) is 0.600. The summed E-state index contributed by atoms with van der Waals surface area (Å²) in [6, 6.07) is 6.92. The minimum atomic E-state index is 0.404. The summed E-state index contributed by atoms with van der Waals surface area (Å²) in [7, 11) is 0. The first-order chi connectivity index (χ1) is 7.09. The number of hydrogen-bond donors (Lipinski definition) is 0. The molecule has 0 spiro atoms. The Bertz CT molecular complexity index is 321. The zero-order chi connectivity index (χ0) is 11.5. The van der Waals surface area contributed by atoms with Gasteiger partial charge in [0.05, 0.1) is 0 Å². The van der Waals surface area contributed by atoms with Crippen molar-refractivity contribution < 1.29 is 0 Å². The number of rotatable bonds is 0. The van der Waals surface area contributed by atoms with Gasteiger partial charge in [0.15, 0.2) is 0 Å². The average molecular weight is 204 g/mol. The van der Waals surface area contributed by atoms with Gasteiger partial charge < -0.3 is 0 Å². The van der Waals surface area contributed by atoms with E-state index in [1.165, 1.54) is 24.8 Å². The van der Waals surface area contributed by atoms with Crippen molar-refractivity contribution in [2.45, 2.75) is 59.3 Å². The van der Waals surface area contributed by atoms with Crippen molar-refractivity contribution in [1.29, 1.82) is 0 Å². The molecule has 1 aromatic rings. The summed E-state index contributed by atoms with van der Waals surface area (Å²) >= 11 is 0. The van der Waals surface area contributed by atoms with Crippen molar-refractivity contribution in [3.63, 3.8) is 0 Å². The van der Waals surface area contributed by atoms with Crippen LogP contribution in [0.25, 0.3) is 0 Å². The number of aryl methyl sites for hydroxylation is 2. The second-order valence-corrected chi connectivity index (χ2v) is 4.90. The van der Waals surface area contributed by atoms with Gasteiger partial charge in [0.25, 0.3) is 0 Å². The zero-order valence-corrected chi connectivity index (χ0v) is 10.9. The van der Waals surface area contributed by atoms with E-state index in [0.717, 1.165) is 0 Å². The first-order valence-electron chi connectivity index (χ1n) is 6.20. The summed E-state index contributed by atoms with van der Waals surface area (Å²) in [6.45, 7) is 10.9. The molecule has 84 valence electrons. The van der Waals surface area contributed by atoms with E-state index in [9.17, 15) is 0 Å². The maximum absolute atomic E-state index is 2.36. The molecule has 0 bridgehead atoms. The van der Waals surface area contributed by atoms with Crippen LogP contribution in [0, 0.1) is 6.92 Å². The molecule has 0 heterocycles. The molecule has 1 aliphatic rings. The molecule has 0 aromatic heterocycles. The number of fused-ring (bicyclic) bond motifs is 1. The van der Waals surface area contributed by atoms with Gasteiger partial charge in [0, 0.05) is 0 Å². The summed E-state index contributed by atoms with van der Waals surface area (Å²) in [4.78, 5) is 0. The van der Waals surface area contributed by atoms with Crippen molar-refractivity contribution in [2.24, 2.45) is 0 Å². The molecule has 0 aliphatic heterocycles. The Hall–Kier alpha value is -0.780. The van der Waals surface area contributed by atoms with Gasteiger partial charge in [-0.3, -0.25) is 0 Å². The summed E-state index contributed by atoms with van der Waals surface area (Å²) < 4.78 is 0. The summed E-state index contributed by atoms with van der Waals surface area (Å²) in [5.74, 6) is 0. The highest BCUT2D eigenvalue weighted by Gasteiger charge is 2.26. The largest absolute Gasteiger partial charge is 0.0683 e. The van der Waals surface area contributed by atoms with Crippen LogP contribution in [0.2, 0.25) is 0 Å². The van der Waals surface area contributed by atoms with E-state index in [-0.39, 0.29) is 0 Å². The lowest BCUT2D eigenvalue weighted by molar-refractivity contribution is 0.432. The van der Waals surface area contributed by atoms with Crippen LogP contribution in [0.1, 0.15) is 57.2 Å². The third kappa shape index (κ3) is 2.62. The van der Waals surface area contributed by atoms with Crippen molar-refractivity contribution in [2.75, 3.05) is 0 Å². The minimum Gasteiger partial charge on any atom is -0.0683 e. The smallest absolute Gasteiger partial charge is 0.0101 e. The van der Waals surface area contributed by atoms with Crippen LogP contribution in [-0.2, 0) is 11.8 Å². The van der Waals surface area contributed by atoms with E-state index >= 15 is 0 Å². The van der Waals surface area contributed by atoms with Crippen LogP contribution in [0.3, 0.4) is 0 Å². The first kappa shape index (κ1) is 12.3. The molecule has 15 heavy (non-hydrogen) atoms. The van der Waals surface area contributed by atoms with E-state index in [4.69, 9.17) is 0 Å². The van der Waals surface area contributed by atoms with Gasteiger partial charge in [-0.15, -0.1) is 0 Å². The van der Waals surface area contributed by atoms with Gasteiger partial charge in [0.1, 0.15) is 0 Å². The van der Waals surface area contributed by atoms with Gasteiger partial charge in [-0.05, 0) is 42.7 Å². The van der Waals surface area contributed by atoms with Crippen molar-refractivity contribution >= 4 is 0 Å². The van der Waals surface area contributed by atoms with Crippen molar-refractivity contribution in [1.82, 2.24) is 0 Å². The number of benzene rings is 1. The average Bonchev–Trinajstić information content (AvgIpc) is 2.19. The Morgan fingerprint density at radius 2 is 1.80 bits per heavy atom. The molecule has 0 saturated carbocycles. The van der Waals surface area contributed by atoms with Crippen LogP contribution in [0.15, 0.2) is 18.2 Å². The Labute approximate surface area is 94.7 Å². The molecule has 0 heteroatoms. The van der Waals surface area contributed by atoms with Crippen LogP contribution < -0.4 is 0 Å². The van der Waals surface area contributed by atoms with Gasteiger partial charge in [-0.2, -0.15) is 0 Å². The Balaban J connectivity index is 0.000000531. The lowest BCUT2D eigenvalue weighted by atomic mass is 9.72. The van der Waals surface area contributed by atoms with E-state index in [1.807, 2.05) is 13.8 Å². The molecule has 0 fully saturated rings. The fourth-order valence-corrected chi connectivity index (χ4v) is 2.45. The fourth-order valence-electron chi connectivity index (χ4n) is 2.45. The van der Waals surface area contributed by atoms with Crippen LogP contribution in [-0.4, -0.2) is 0 Å². The molecule has 1 aromatic carbocycles. The molecular formula is C15H24. The van der Waals surface area contributed by atoms with Gasteiger partial charge in [-0.25, -0.2) is 0 Å². The second-order valence-electron chi connectivity index (χ2n) is 4.90. The topological polar surface area (TPSA) is 0 Å². The molecule has 0 unspecified atom stereocenters. The first-order valence-corrected chi connectivity index (χ1v) is 6.20. The highest BCUT2D eigenvalue weighted by molar-refractivity contribution is 5.38. The summed E-state index contributed by atoms with van der Waals surface area (Å²) in [5, 5.41) is 0. The zero-order valence-electron chi connectivity index (χ0n) is 10.9.